The van der Waals surface area contributed by atoms with E-state index < -0.39 is 0 Å². The lowest BCUT2D eigenvalue weighted by atomic mass is 10.0. The Hall–Kier alpha value is -1.07. The minimum Gasteiger partial charge on any atom is -0.483 e. The summed E-state index contributed by atoms with van der Waals surface area (Å²) in [6.07, 6.45) is 0.877. The lowest BCUT2D eigenvalue weighted by Gasteiger charge is -2.24. The summed E-state index contributed by atoms with van der Waals surface area (Å²) in [4.78, 5) is 11.9. The molecule has 112 valence electrons. The third-order valence-corrected chi connectivity index (χ3v) is 3.60. The maximum atomic E-state index is 11.9. The minimum absolute atomic E-state index is 0.0295. The molecule has 1 aromatic carbocycles. The number of carbonyl (C=O) groups is 1. The summed E-state index contributed by atoms with van der Waals surface area (Å²) in [5.74, 6) is 0.627. The number of amides is 1. The van der Waals surface area contributed by atoms with Crippen molar-refractivity contribution < 1.29 is 9.53 Å². The van der Waals surface area contributed by atoms with Crippen LogP contribution in [0.2, 0.25) is 0 Å². The van der Waals surface area contributed by atoms with Gasteiger partial charge < -0.3 is 15.4 Å². The third-order valence-electron chi connectivity index (χ3n) is 3.11. The third kappa shape index (κ3) is 5.51. The predicted octanol–water partition coefficient (Wildman–Crippen LogP) is 2.85. The first-order valence-electron chi connectivity index (χ1n) is 6.75. The number of carbonyl (C=O) groups excluding carboxylic acids is 1. The molecule has 0 spiro atoms. The molecule has 0 atom stereocenters. The monoisotopic (exact) mass is 342 g/mol. The zero-order valence-electron chi connectivity index (χ0n) is 12.5. The minimum atomic E-state index is -0.200. The van der Waals surface area contributed by atoms with Crippen LogP contribution in [0, 0.1) is 0 Å². The lowest BCUT2D eigenvalue weighted by molar-refractivity contribution is -0.124. The van der Waals surface area contributed by atoms with E-state index in [1.165, 1.54) is 0 Å². The largest absolute Gasteiger partial charge is 0.483 e. The zero-order chi connectivity index (χ0) is 15.2. The molecule has 5 heteroatoms. The Labute approximate surface area is 129 Å². The van der Waals surface area contributed by atoms with E-state index in [0.29, 0.717) is 6.54 Å². The van der Waals surface area contributed by atoms with Gasteiger partial charge in [0.2, 0.25) is 0 Å². The van der Waals surface area contributed by atoms with Gasteiger partial charge in [0.25, 0.3) is 5.91 Å². The van der Waals surface area contributed by atoms with Crippen LogP contribution in [0.3, 0.4) is 0 Å². The average molecular weight is 343 g/mol. The summed E-state index contributed by atoms with van der Waals surface area (Å²) in [5.41, 5.74) is 0.818. The van der Waals surface area contributed by atoms with Crippen molar-refractivity contribution in [1.29, 1.82) is 0 Å². The van der Waals surface area contributed by atoms with E-state index in [1.54, 1.807) is 0 Å². The highest BCUT2D eigenvalue weighted by molar-refractivity contribution is 9.10. The molecule has 0 aliphatic carbocycles. The fourth-order valence-electron chi connectivity index (χ4n) is 1.66. The van der Waals surface area contributed by atoms with E-state index in [4.69, 9.17) is 4.74 Å². The smallest absolute Gasteiger partial charge is 0.258 e. The van der Waals surface area contributed by atoms with E-state index >= 15 is 0 Å². The fourth-order valence-corrected chi connectivity index (χ4v) is 2.07. The van der Waals surface area contributed by atoms with Crippen LogP contribution >= 0.6 is 15.9 Å². The summed E-state index contributed by atoms with van der Waals surface area (Å²) in [6, 6.07) is 5.76. The molecule has 4 nitrogen and oxygen atoms in total. The van der Waals surface area contributed by atoms with Crippen molar-refractivity contribution in [3.8, 4) is 5.75 Å². The quantitative estimate of drug-likeness (QED) is 0.800. The topological polar surface area (TPSA) is 50.4 Å². The Balaban J connectivity index is 2.63. The molecular weight excluding hydrogens is 320 g/mol. The maximum absolute atomic E-state index is 11.9. The van der Waals surface area contributed by atoms with E-state index in [2.05, 4.69) is 26.6 Å². The highest BCUT2D eigenvalue weighted by Crippen LogP contribution is 2.23. The Morgan fingerprint density at radius 2 is 2.10 bits per heavy atom. The molecule has 0 aromatic heterocycles. The van der Waals surface area contributed by atoms with Crippen LogP contribution < -0.4 is 15.4 Å². The molecule has 1 amide bonds. The Kier molecular flexibility index (Phi) is 6.49. The van der Waals surface area contributed by atoms with Crippen molar-refractivity contribution in [2.24, 2.45) is 0 Å². The highest BCUT2D eigenvalue weighted by Gasteiger charge is 2.18. The average Bonchev–Trinajstić information content (AvgIpc) is 2.38. The van der Waals surface area contributed by atoms with E-state index in [-0.39, 0.29) is 18.1 Å². The Morgan fingerprint density at radius 1 is 1.40 bits per heavy atom. The maximum Gasteiger partial charge on any atom is 0.258 e. The highest BCUT2D eigenvalue weighted by atomic mass is 79.9. The van der Waals surface area contributed by atoms with Crippen LogP contribution in [0.15, 0.2) is 22.7 Å². The number of nitrogens with one attached hydrogen (secondary N) is 2. The van der Waals surface area contributed by atoms with E-state index in [1.807, 2.05) is 46.0 Å². The van der Waals surface area contributed by atoms with E-state index in [9.17, 15) is 4.79 Å². The Morgan fingerprint density at radius 3 is 2.70 bits per heavy atom. The lowest BCUT2D eigenvalue weighted by Crippen LogP contribution is -2.44. The second kappa shape index (κ2) is 7.64. The molecule has 20 heavy (non-hydrogen) atoms. The second-order valence-electron chi connectivity index (χ2n) is 5.36. The molecule has 2 N–H and O–H groups in total. The molecule has 0 fully saturated rings. The number of hydrogen-bond donors (Lipinski definition) is 2. The molecule has 0 aliphatic heterocycles. The molecular formula is C15H23BrN2O2. The van der Waals surface area contributed by atoms with Crippen LogP contribution in [0.25, 0.3) is 0 Å². The molecule has 1 aromatic rings. The van der Waals surface area contributed by atoms with Crippen LogP contribution in [0.1, 0.15) is 32.8 Å². The first kappa shape index (κ1) is 17.0. The first-order chi connectivity index (χ1) is 9.38. The summed E-state index contributed by atoms with van der Waals surface area (Å²) >= 11 is 3.43. The molecule has 0 saturated heterocycles. The molecule has 1 rings (SSSR count). The van der Waals surface area contributed by atoms with Crippen molar-refractivity contribution in [2.75, 3.05) is 13.7 Å². The molecule has 0 saturated carbocycles. The van der Waals surface area contributed by atoms with Gasteiger partial charge in [-0.2, -0.15) is 0 Å². The van der Waals surface area contributed by atoms with Gasteiger partial charge in [-0.3, -0.25) is 4.79 Å². The predicted molar refractivity (Wildman–Crippen MR) is 84.9 cm³/mol. The number of benzene rings is 1. The number of rotatable bonds is 7. The SMILES string of the molecule is CCC(C)(C)NC(=O)COc1ccc(Br)cc1CNC. The normalized spacial score (nSPS) is 11.2. The number of halogens is 1. The molecule has 0 radical (unpaired) electrons. The van der Waals surface area contributed by atoms with Gasteiger partial charge in [0, 0.05) is 22.1 Å². The van der Waals surface area contributed by atoms with Crippen molar-refractivity contribution in [1.82, 2.24) is 10.6 Å². The standard InChI is InChI=1S/C15H23BrN2O2/c1-5-15(2,3)18-14(19)10-20-13-7-6-12(16)8-11(13)9-17-4/h6-8,17H,5,9-10H2,1-4H3,(H,18,19). The number of hydrogen-bond acceptors (Lipinski definition) is 3. The van der Waals surface area contributed by atoms with E-state index in [0.717, 1.165) is 22.2 Å². The van der Waals surface area contributed by atoms with Gasteiger partial charge in [-0.15, -0.1) is 0 Å². The van der Waals surface area contributed by atoms with Crippen molar-refractivity contribution in [3.05, 3.63) is 28.2 Å². The summed E-state index contributed by atoms with van der Waals surface area (Å²) in [5, 5.41) is 6.04. The molecule has 0 heterocycles. The molecule has 0 bridgehead atoms. The van der Waals surface area contributed by atoms with Gasteiger partial charge in [-0.25, -0.2) is 0 Å². The van der Waals surface area contributed by atoms with Crippen LogP contribution in [0.5, 0.6) is 5.75 Å². The van der Waals surface area contributed by atoms with Gasteiger partial charge in [-0.1, -0.05) is 22.9 Å². The fraction of sp³-hybridized carbons (Fsp3) is 0.533. The van der Waals surface area contributed by atoms with Crippen LogP contribution in [0.4, 0.5) is 0 Å². The van der Waals surface area contributed by atoms with Crippen molar-refractivity contribution in [3.63, 3.8) is 0 Å². The van der Waals surface area contributed by atoms with Crippen molar-refractivity contribution >= 4 is 21.8 Å². The van der Waals surface area contributed by atoms with Gasteiger partial charge in [0.05, 0.1) is 0 Å². The van der Waals surface area contributed by atoms with Gasteiger partial charge in [0.15, 0.2) is 6.61 Å². The zero-order valence-corrected chi connectivity index (χ0v) is 14.1. The Bertz CT molecular complexity index is 461. The second-order valence-corrected chi connectivity index (χ2v) is 6.27. The summed E-state index contributed by atoms with van der Waals surface area (Å²) in [7, 11) is 1.88. The van der Waals surface area contributed by atoms with Crippen LogP contribution in [-0.2, 0) is 11.3 Å². The molecule has 0 aliphatic rings. The summed E-state index contributed by atoms with van der Waals surface area (Å²) < 4.78 is 6.62. The number of ether oxygens (including phenoxy) is 1. The van der Waals surface area contributed by atoms with Crippen molar-refractivity contribution in [2.45, 2.75) is 39.3 Å². The molecule has 0 unspecified atom stereocenters. The summed E-state index contributed by atoms with van der Waals surface area (Å²) in [6.45, 7) is 6.76. The van der Waals surface area contributed by atoms with Crippen LogP contribution in [-0.4, -0.2) is 25.1 Å². The van der Waals surface area contributed by atoms with Gasteiger partial charge in [-0.05, 0) is 45.5 Å². The van der Waals surface area contributed by atoms with Gasteiger partial charge >= 0.3 is 0 Å². The first-order valence-corrected chi connectivity index (χ1v) is 7.54. The van der Waals surface area contributed by atoms with Gasteiger partial charge in [0.1, 0.15) is 5.75 Å².